The van der Waals surface area contributed by atoms with Gasteiger partial charge >= 0.3 is 0 Å². The van der Waals surface area contributed by atoms with Crippen molar-refractivity contribution in [1.82, 2.24) is 5.32 Å². The third-order valence-corrected chi connectivity index (χ3v) is 2.90. The van der Waals surface area contributed by atoms with E-state index in [2.05, 4.69) is 22.3 Å². The van der Waals surface area contributed by atoms with Crippen molar-refractivity contribution in [2.24, 2.45) is 0 Å². The van der Waals surface area contributed by atoms with Crippen LogP contribution in [-0.2, 0) is 0 Å². The van der Waals surface area contributed by atoms with Crippen molar-refractivity contribution in [3.05, 3.63) is 36.4 Å². The Morgan fingerprint density at radius 3 is 2.59 bits per heavy atom. The van der Waals surface area contributed by atoms with Gasteiger partial charge in [0.2, 0.25) is 0 Å². The van der Waals surface area contributed by atoms with E-state index < -0.39 is 0 Å². The van der Waals surface area contributed by atoms with Gasteiger partial charge in [-0.25, -0.2) is 0 Å². The fourth-order valence-electron chi connectivity index (χ4n) is 1.92. The first kappa shape index (κ1) is 12.0. The molecule has 1 N–H and O–H groups in total. The molecule has 0 unspecified atom stereocenters. The second-order valence-corrected chi connectivity index (χ2v) is 4.11. The summed E-state index contributed by atoms with van der Waals surface area (Å²) >= 11 is 0. The summed E-state index contributed by atoms with van der Waals surface area (Å²) in [4.78, 5) is 2.40. The summed E-state index contributed by atoms with van der Waals surface area (Å²) in [5.41, 5.74) is 1.28. The molecule has 0 amide bonds. The Balaban J connectivity index is 1.92. The average molecular weight is 232 g/mol. The number of nitrogens with zero attached hydrogens (tertiary/aromatic N) is 1. The van der Waals surface area contributed by atoms with E-state index in [0.717, 1.165) is 31.9 Å². The molecule has 0 spiro atoms. The molecule has 1 aromatic rings. The first-order chi connectivity index (χ1) is 8.40. The molecule has 0 aliphatic carbocycles. The van der Waals surface area contributed by atoms with Crippen LogP contribution in [0.5, 0.6) is 5.75 Å². The van der Waals surface area contributed by atoms with E-state index in [4.69, 9.17) is 4.74 Å². The van der Waals surface area contributed by atoms with Crippen molar-refractivity contribution in [1.29, 1.82) is 0 Å². The molecule has 1 aliphatic rings. The number of rotatable bonds is 4. The van der Waals surface area contributed by atoms with Crippen LogP contribution in [0.1, 0.15) is 6.92 Å². The molecule has 92 valence electrons. The van der Waals surface area contributed by atoms with Crippen LogP contribution >= 0.6 is 0 Å². The first-order valence-electron chi connectivity index (χ1n) is 6.20. The van der Waals surface area contributed by atoms with Gasteiger partial charge in [-0.1, -0.05) is 12.2 Å². The van der Waals surface area contributed by atoms with Crippen LogP contribution in [0.4, 0.5) is 5.69 Å². The van der Waals surface area contributed by atoms with Gasteiger partial charge in [-0.05, 0) is 31.2 Å². The van der Waals surface area contributed by atoms with Crippen LogP contribution in [0, 0.1) is 0 Å². The molecule has 0 bridgehead atoms. The van der Waals surface area contributed by atoms with Gasteiger partial charge in [-0.3, -0.25) is 0 Å². The third-order valence-electron chi connectivity index (χ3n) is 2.90. The second kappa shape index (κ2) is 6.30. The number of piperazine rings is 1. The molecule has 0 radical (unpaired) electrons. The van der Waals surface area contributed by atoms with Gasteiger partial charge in [0.25, 0.3) is 0 Å². The summed E-state index contributed by atoms with van der Waals surface area (Å²) in [6, 6.07) is 8.36. The molecule has 0 aromatic heterocycles. The lowest BCUT2D eigenvalue weighted by molar-refractivity contribution is 0.362. The van der Waals surface area contributed by atoms with E-state index in [0.29, 0.717) is 6.61 Å². The maximum Gasteiger partial charge on any atom is 0.119 e. The predicted octanol–water partition coefficient (Wildman–Crippen LogP) is 2.05. The van der Waals surface area contributed by atoms with E-state index in [-0.39, 0.29) is 0 Å². The van der Waals surface area contributed by atoms with Crippen molar-refractivity contribution in [2.75, 3.05) is 37.7 Å². The number of ether oxygens (including phenoxy) is 1. The number of anilines is 1. The van der Waals surface area contributed by atoms with Crippen LogP contribution in [0.25, 0.3) is 0 Å². The topological polar surface area (TPSA) is 24.5 Å². The molecule has 3 heteroatoms. The highest BCUT2D eigenvalue weighted by atomic mass is 16.5. The van der Waals surface area contributed by atoms with E-state index in [1.807, 2.05) is 31.2 Å². The average Bonchev–Trinajstić information content (AvgIpc) is 2.41. The minimum atomic E-state index is 0.642. The maximum absolute atomic E-state index is 5.57. The van der Waals surface area contributed by atoms with Crippen molar-refractivity contribution in [2.45, 2.75) is 6.92 Å². The molecule has 17 heavy (non-hydrogen) atoms. The molecular formula is C14H20N2O. The molecular weight excluding hydrogens is 212 g/mol. The highest BCUT2D eigenvalue weighted by molar-refractivity contribution is 5.49. The zero-order chi connectivity index (χ0) is 11.9. The van der Waals surface area contributed by atoms with Crippen LogP contribution in [-0.4, -0.2) is 32.8 Å². The largest absolute Gasteiger partial charge is 0.490 e. The van der Waals surface area contributed by atoms with E-state index in [9.17, 15) is 0 Å². The van der Waals surface area contributed by atoms with E-state index in [1.54, 1.807) is 0 Å². The van der Waals surface area contributed by atoms with Gasteiger partial charge in [-0.2, -0.15) is 0 Å². The maximum atomic E-state index is 5.57. The molecule has 1 fully saturated rings. The zero-order valence-corrected chi connectivity index (χ0v) is 10.4. The van der Waals surface area contributed by atoms with Crippen molar-refractivity contribution >= 4 is 5.69 Å². The summed E-state index contributed by atoms with van der Waals surface area (Å²) in [5.74, 6) is 0.932. The molecule has 2 rings (SSSR count). The smallest absolute Gasteiger partial charge is 0.119 e. The fraction of sp³-hybridized carbons (Fsp3) is 0.429. The lowest BCUT2D eigenvalue weighted by Crippen LogP contribution is -2.43. The van der Waals surface area contributed by atoms with Crippen molar-refractivity contribution in [3.63, 3.8) is 0 Å². The molecule has 1 heterocycles. The van der Waals surface area contributed by atoms with Gasteiger partial charge in [0.05, 0.1) is 0 Å². The second-order valence-electron chi connectivity index (χ2n) is 4.11. The fourth-order valence-corrected chi connectivity index (χ4v) is 1.92. The molecule has 1 aliphatic heterocycles. The Kier molecular flexibility index (Phi) is 4.45. The SMILES string of the molecule is C/C=C/COc1ccc(N2CCNCC2)cc1. The monoisotopic (exact) mass is 232 g/mol. The summed E-state index contributed by atoms with van der Waals surface area (Å²) in [6.07, 6.45) is 4.00. The number of benzene rings is 1. The standard InChI is InChI=1S/C14H20N2O/c1-2-3-12-17-14-6-4-13(5-7-14)16-10-8-15-9-11-16/h2-7,15H,8-12H2,1H3/b3-2+. The minimum Gasteiger partial charge on any atom is -0.490 e. The highest BCUT2D eigenvalue weighted by Gasteiger charge is 2.09. The Hall–Kier alpha value is -1.48. The Morgan fingerprint density at radius 2 is 1.94 bits per heavy atom. The Morgan fingerprint density at radius 1 is 1.24 bits per heavy atom. The Bertz CT molecular complexity index is 353. The summed E-state index contributed by atoms with van der Waals surface area (Å²) in [6.45, 7) is 6.94. The molecule has 1 aromatic carbocycles. The van der Waals surface area contributed by atoms with Gasteiger partial charge < -0.3 is 15.0 Å². The Labute approximate surface area is 103 Å². The molecule has 1 saturated heterocycles. The minimum absolute atomic E-state index is 0.642. The van der Waals surface area contributed by atoms with Gasteiger partial charge in [0.15, 0.2) is 0 Å². The van der Waals surface area contributed by atoms with Gasteiger partial charge in [-0.15, -0.1) is 0 Å². The predicted molar refractivity (Wildman–Crippen MR) is 71.8 cm³/mol. The molecule has 0 atom stereocenters. The lowest BCUT2D eigenvalue weighted by Gasteiger charge is -2.29. The number of hydrogen-bond acceptors (Lipinski definition) is 3. The lowest BCUT2D eigenvalue weighted by atomic mass is 10.2. The highest BCUT2D eigenvalue weighted by Crippen LogP contribution is 2.19. The van der Waals surface area contributed by atoms with Crippen LogP contribution in [0.2, 0.25) is 0 Å². The van der Waals surface area contributed by atoms with Crippen LogP contribution in [0.15, 0.2) is 36.4 Å². The van der Waals surface area contributed by atoms with Gasteiger partial charge in [0, 0.05) is 31.9 Å². The summed E-state index contributed by atoms with van der Waals surface area (Å²) < 4.78 is 5.57. The summed E-state index contributed by atoms with van der Waals surface area (Å²) in [5, 5.41) is 3.36. The number of allylic oxidation sites excluding steroid dienone is 1. The quantitative estimate of drug-likeness (QED) is 0.804. The number of hydrogen-bond donors (Lipinski definition) is 1. The molecule has 0 saturated carbocycles. The summed E-state index contributed by atoms with van der Waals surface area (Å²) in [7, 11) is 0. The van der Waals surface area contributed by atoms with Crippen LogP contribution in [0.3, 0.4) is 0 Å². The zero-order valence-electron chi connectivity index (χ0n) is 10.4. The molecule has 3 nitrogen and oxygen atoms in total. The van der Waals surface area contributed by atoms with E-state index in [1.165, 1.54) is 5.69 Å². The van der Waals surface area contributed by atoms with Crippen molar-refractivity contribution < 1.29 is 4.74 Å². The normalized spacial score (nSPS) is 16.4. The van der Waals surface area contributed by atoms with Crippen LogP contribution < -0.4 is 15.0 Å². The van der Waals surface area contributed by atoms with Crippen molar-refractivity contribution in [3.8, 4) is 5.75 Å². The van der Waals surface area contributed by atoms with E-state index >= 15 is 0 Å². The third kappa shape index (κ3) is 3.49. The number of nitrogens with one attached hydrogen (secondary N) is 1. The van der Waals surface area contributed by atoms with Gasteiger partial charge in [0.1, 0.15) is 12.4 Å². The first-order valence-corrected chi connectivity index (χ1v) is 6.20.